The normalized spacial score (nSPS) is 30.7. The lowest BCUT2D eigenvalue weighted by Crippen LogP contribution is -2.58. The van der Waals surface area contributed by atoms with Crippen LogP contribution in [-0.4, -0.2) is 52.5 Å². The first-order chi connectivity index (χ1) is 14.9. The monoisotopic (exact) mass is 439 g/mol. The molecule has 5 atom stereocenters. The van der Waals surface area contributed by atoms with E-state index in [0.29, 0.717) is 12.2 Å². The molecule has 3 heterocycles. The molecule has 0 aliphatic carbocycles. The Morgan fingerprint density at radius 2 is 1.88 bits per heavy atom. The van der Waals surface area contributed by atoms with Crippen LogP contribution in [0.15, 0.2) is 36.4 Å². The summed E-state index contributed by atoms with van der Waals surface area (Å²) in [6, 6.07) is 6.73. The zero-order valence-corrected chi connectivity index (χ0v) is 19.6. The average Bonchev–Trinajstić information content (AvgIpc) is 3.30. The van der Waals surface area contributed by atoms with Crippen molar-refractivity contribution in [1.29, 1.82) is 0 Å². The van der Waals surface area contributed by atoms with Gasteiger partial charge in [0.25, 0.3) is 0 Å². The van der Waals surface area contributed by atoms with E-state index in [2.05, 4.69) is 10.6 Å². The molecule has 3 amide bonds. The van der Waals surface area contributed by atoms with Gasteiger partial charge in [0.05, 0.1) is 17.9 Å². The van der Waals surface area contributed by atoms with Crippen LogP contribution in [0.1, 0.15) is 40.2 Å². The third-order valence-corrected chi connectivity index (χ3v) is 6.39. The van der Waals surface area contributed by atoms with Crippen molar-refractivity contribution in [1.82, 2.24) is 10.2 Å². The van der Waals surface area contributed by atoms with Gasteiger partial charge in [0.15, 0.2) is 0 Å². The van der Waals surface area contributed by atoms with Crippen molar-refractivity contribution in [2.24, 2.45) is 17.8 Å². The summed E-state index contributed by atoms with van der Waals surface area (Å²) >= 11 is 0. The van der Waals surface area contributed by atoms with Crippen LogP contribution in [0.2, 0.25) is 0 Å². The number of para-hydroxylation sites is 1. The number of hydrogen-bond donors (Lipinski definition) is 2. The van der Waals surface area contributed by atoms with E-state index in [1.807, 2.05) is 78.0 Å². The molecule has 0 radical (unpaired) electrons. The van der Waals surface area contributed by atoms with Crippen LogP contribution < -0.4 is 10.6 Å². The smallest absolute Gasteiger partial charge is 0.246 e. The number of ether oxygens (including phenoxy) is 1. The summed E-state index contributed by atoms with van der Waals surface area (Å²) in [7, 11) is 0. The maximum Gasteiger partial charge on any atom is 0.246 e. The molecule has 4 rings (SSSR count). The van der Waals surface area contributed by atoms with Gasteiger partial charge >= 0.3 is 0 Å². The molecule has 32 heavy (non-hydrogen) atoms. The molecule has 3 aliphatic rings. The topological polar surface area (TPSA) is 87.7 Å². The summed E-state index contributed by atoms with van der Waals surface area (Å²) in [5.41, 5.74) is 0.0709. The summed E-state index contributed by atoms with van der Waals surface area (Å²) in [6.07, 6.45) is 3.15. The standard InChI is InChI=1S/C25H33N3O4/c1-14(2)13-28-20(22(30)27-24(4,5)6)25-12-11-17(32-25)18(19(25)23(28)31)21(29)26-16-10-8-7-9-15(16)3/h7-12,14,17-20H,13H2,1-6H3,(H,26,29)(H,27,30)/t17-,18+,19+,20-,25+/m1/s1. The molecular weight excluding hydrogens is 406 g/mol. The Bertz CT molecular complexity index is 980. The Morgan fingerprint density at radius 1 is 1.19 bits per heavy atom. The summed E-state index contributed by atoms with van der Waals surface area (Å²) in [4.78, 5) is 42.1. The largest absolute Gasteiger partial charge is 0.359 e. The van der Waals surface area contributed by atoms with Crippen molar-refractivity contribution >= 4 is 23.4 Å². The Labute approximate surface area is 189 Å². The number of nitrogens with zero attached hydrogens (tertiary/aromatic N) is 1. The van der Waals surface area contributed by atoms with Gasteiger partial charge in [-0.05, 0) is 45.2 Å². The summed E-state index contributed by atoms with van der Waals surface area (Å²) in [6.45, 7) is 12.1. The number of amides is 3. The van der Waals surface area contributed by atoms with E-state index in [9.17, 15) is 14.4 Å². The van der Waals surface area contributed by atoms with Crippen molar-refractivity contribution in [3.63, 3.8) is 0 Å². The van der Waals surface area contributed by atoms with Gasteiger partial charge in [-0.3, -0.25) is 14.4 Å². The van der Waals surface area contributed by atoms with E-state index >= 15 is 0 Å². The fourth-order valence-electron chi connectivity index (χ4n) is 5.22. The minimum Gasteiger partial charge on any atom is -0.359 e. The van der Waals surface area contributed by atoms with Crippen molar-refractivity contribution in [2.75, 3.05) is 11.9 Å². The highest BCUT2D eigenvalue weighted by molar-refractivity contribution is 6.03. The zero-order chi connectivity index (χ0) is 23.4. The highest BCUT2D eigenvalue weighted by Gasteiger charge is 2.72. The molecule has 172 valence electrons. The summed E-state index contributed by atoms with van der Waals surface area (Å²) < 4.78 is 6.32. The fourth-order valence-corrected chi connectivity index (χ4v) is 5.22. The van der Waals surface area contributed by atoms with E-state index in [0.717, 1.165) is 5.56 Å². The van der Waals surface area contributed by atoms with Gasteiger partial charge in [-0.1, -0.05) is 44.2 Å². The van der Waals surface area contributed by atoms with Gasteiger partial charge in [0.1, 0.15) is 11.6 Å². The highest BCUT2D eigenvalue weighted by atomic mass is 16.5. The van der Waals surface area contributed by atoms with E-state index in [-0.39, 0.29) is 23.6 Å². The van der Waals surface area contributed by atoms with Gasteiger partial charge in [-0.25, -0.2) is 0 Å². The minimum absolute atomic E-state index is 0.166. The van der Waals surface area contributed by atoms with E-state index in [1.165, 1.54) is 0 Å². The maximum atomic E-state index is 13.7. The first-order valence-corrected chi connectivity index (χ1v) is 11.3. The van der Waals surface area contributed by atoms with Crippen LogP contribution in [0.4, 0.5) is 5.69 Å². The van der Waals surface area contributed by atoms with Gasteiger partial charge in [-0.15, -0.1) is 0 Å². The Kier molecular flexibility index (Phi) is 5.44. The second-order valence-corrected chi connectivity index (χ2v) is 10.6. The molecule has 0 unspecified atom stereocenters. The van der Waals surface area contributed by atoms with Crippen LogP contribution in [0.5, 0.6) is 0 Å². The first kappa shape index (κ1) is 22.5. The molecular formula is C25H33N3O4. The molecule has 2 bridgehead atoms. The first-order valence-electron chi connectivity index (χ1n) is 11.3. The predicted octanol–water partition coefficient (Wildman–Crippen LogP) is 2.65. The van der Waals surface area contributed by atoms with Crippen LogP contribution in [0.25, 0.3) is 0 Å². The second-order valence-electron chi connectivity index (χ2n) is 10.6. The SMILES string of the molecule is Cc1ccccc1NC(=O)[C@@H]1[C@H]2C(=O)N(CC(C)C)[C@H](C(=O)NC(C)(C)C)[C@]23C=C[C@H]1O3. The number of benzene rings is 1. The molecule has 0 aromatic heterocycles. The van der Waals surface area contributed by atoms with Crippen LogP contribution >= 0.6 is 0 Å². The van der Waals surface area contributed by atoms with Gasteiger partial charge < -0.3 is 20.3 Å². The number of likely N-dealkylation sites (tertiary alicyclic amines) is 1. The van der Waals surface area contributed by atoms with Gasteiger partial charge in [0.2, 0.25) is 17.7 Å². The molecule has 7 heteroatoms. The van der Waals surface area contributed by atoms with Crippen molar-refractivity contribution in [2.45, 2.75) is 64.8 Å². The van der Waals surface area contributed by atoms with Crippen LogP contribution in [0, 0.1) is 24.7 Å². The lowest BCUT2D eigenvalue weighted by Gasteiger charge is -2.35. The van der Waals surface area contributed by atoms with Crippen molar-refractivity contribution in [3.05, 3.63) is 42.0 Å². The number of fused-ring (bicyclic) bond motifs is 1. The zero-order valence-electron chi connectivity index (χ0n) is 19.6. The molecule has 3 aliphatic heterocycles. The minimum atomic E-state index is -1.13. The van der Waals surface area contributed by atoms with Gasteiger partial charge in [0, 0.05) is 17.8 Å². The number of carbonyl (C=O) groups is 3. The Morgan fingerprint density at radius 3 is 2.50 bits per heavy atom. The van der Waals surface area contributed by atoms with Crippen molar-refractivity contribution < 1.29 is 19.1 Å². The van der Waals surface area contributed by atoms with Crippen LogP contribution in [0.3, 0.4) is 0 Å². The van der Waals surface area contributed by atoms with E-state index < -0.39 is 35.1 Å². The van der Waals surface area contributed by atoms with Crippen molar-refractivity contribution in [3.8, 4) is 0 Å². The predicted molar refractivity (Wildman–Crippen MR) is 122 cm³/mol. The lowest BCUT2D eigenvalue weighted by atomic mass is 9.74. The van der Waals surface area contributed by atoms with Crippen LogP contribution in [-0.2, 0) is 19.1 Å². The molecule has 7 nitrogen and oxygen atoms in total. The molecule has 0 saturated carbocycles. The average molecular weight is 440 g/mol. The van der Waals surface area contributed by atoms with E-state index in [1.54, 1.807) is 4.90 Å². The number of hydrogen-bond acceptors (Lipinski definition) is 4. The maximum absolute atomic E-state index is 13.7. The number of carbonyl (C=O) groups excluding carboxylic acids is 3. The Balaban J connectivity index is 1.69. The third kappa shape index (κ3) is 3.62. The number of nitrogens with one attached hydrogen (secondary N) is 2. The Hall–Kier alpha value is -2.67. The van der Waals surface area contributed by atoms with E-state index in [4.69, 9.17) is 4.74 Å². The molecule has 2 saturated heterocycles. The summed E-state index contributed by atoms with van der Waals surface area (Å²) in [5.74, 6) is -1.94. The summed E-state index contributed by atoms with van der Waals surface area (Å²) in [5, 5.41) is 6.00. The third-order valence-electron chi connectivity index (χ3n) is 6.39. The second kappa shape index (κ2) is 7.73. The highest BCUT2D eigenvalue weighted by Crippen LogP contribution is 2.55. The molecule has 2 fully saturated rings. The number of aryl methyl sites for hydroxylation is 1. The number of rotatable bonds is 5. The molecule has 1 aromatic rings. The molecule has 1 aromatic carbocycles. The van der Waals surface area contributed by atoms with Gasteiger partial charge in [-0.2, -0.15) is 0 Å². The molecule has 1 spiro atoms. The number of anilines is 1. The quantitative estimate of drug-likeness (QED) is 0.691. The fraction of sp³-hybridized carbons (Fsp3) is 0.560. The molecule has 2 N–H and O–H groups in total. The lowest BCUT2D eigenvalue weighted by molar-refractivity contribution is -0.142.